The van der Waals surface area contributed by atoms with Crippen molar-refractivity contribution in [1.29, 1.82) is 0 Å². The van der Waals surface area contributed by atoms with E-state index in [2.05, 4.69) is 21.9 Å². The molecule has 0 aromatic heterocycles. The fourth-order valence-corrected chi connectivity index (χ4v) is 1.34. The molecule has 0 amide bonds. The molecule has 1 rings (SSSR count). The van der Waals surface area contributed by atoms with E-state index in [1.165, 1.54) is 0 Å². The SMILES string of the molecule is C#Cc1cc(CBr)cc(C(F)(F)F)c1. The van der Waals surface area contributed by atoms with Crippen LogP contribution in [0.1, 0.15) is 16.7 Å². The molecule has 1 aromatic rings. The van der Waals surface area contributed by atoms with Crippen molar-refractivity contribution in [2.75, 3.05) is 0 Å². The van der Waals surface area contributed by atoms with Gasteiger partial charge in [0.1, 0.15) is 0 Å². The zero-order valence-corrected chi connectivity index (χ0v) is 8.61. The summed E-state index contributed by atoms with van der Waals surface area (Å²) in [6.45, 7) is 0. The van der Waals surface area contributed by atoms with Crippen LogP contribution in [0.5, 0.6) is 0 Å². The average molecular weight is 263 g/mol. The monoisotopic (exact) mass is 262 g/mol. The van der Waals surface area contributed by atoms with Crippen LogP contribution >= 0.6 is 15.9 Å². The Kier molecular flexibility index (Phi) is 3.22. The Morgan fingerprint density at radius 3 is 2.36 bits per heavy atom. The highest BCUT2D eigenvalue weighted by Crippen LogP contribution is 2.30. The standard InChI is InChI=1S/C10H6BrF3/c1-2-7-3-8(6-11)5-9(4-7)10(12,13)14/h1,3-5H,6H2. The Labute approximate surface area is 88.3 Å². The number of terminal acetylenes is 1. The Morgan fingerprint density at radius 2 is 1.93 bits per heavy atom. The third-order valence-electron chi connectivity index (χ3n) is 1.64. The van der Waals surface area contributed by atoms with E-state index in [0.29, 0.717) is 10.9 Å². The zero-order valence-electron chi connectivity index (χ0n) is 7.03. The molecule has 0 saturated carbocycles. The summed E-state index contributed by atoms with van der Waals surface area (Å²) in [5.41, 5.74) is 0.0597. The number of halogens is 4. The fourth-order valence-electron chi connectivity index (χ4n) is 1.02. The second-order valence-electron chi connectivity index (χ2n) is 2.69. The molecule has 4 heteroatoms. The van der Waals surface area contributed by atoms with Crippen molar-refractivity contribution < 1.29 is 13.2 Å². The topological polar surface area (TPSA) is 0 Å². The number of alkyl halides is 4. The molecule has 0 N–H and O–H groups in total. The van der Waals surface area contributed by atoms with Crippen LogP contribution in [0.4, 0.5) is 13.2 Å². The summed E-state index contributed by atoms with van der Waals surface area (Å²) >= 11 is 3.09. The normalized spacial score (nSPS) is 11.1. The highest BCUT2D eigenvalue weighted by atomic mass is 79.9. The van der Waals surface area contributed by atoms with Gasteiger partial charge >= 0.3 is 6.18 Å². The van der Waals surface area contributed by atoms with Crippen molar-refractivity contribution in [3.63, 3.8) is 0 Å². The molecule has 0 aliphatic rings. The fraction of sp³-hybridized carbons (Fsp3) is 0.200. The van der Waals surface area contributed by atoms with E-state index in [-0.39, 0.29) is 5.56 Å². The van der Waals surface area contributed by atoms with Crippen LogP contribution in [-0.4, -0.2) is 0 Å². The third-order valence-corrected chi connectivity index (χ3v) is 2.29. The molecule has 74 valence electrons. The minimum absolute atomic E-state index is 0.245. The van der Waals surface area contributed by atoms with Crippen molar-refractivity contribution >= 4 is 15.9 Å². The largest absolute Gasteiger partial charge is 0.416 e. The lowest BCUT2D eigenvalue weighted by Gasteiger charge is -2.08. The highest BCUT2D eigenvalue weighted by Gasteiger charge is 2.30. The third kappa shape index (κ3) is 2.52. The Morgan fingerprint density at radius 1 is 1.29 bits per heavy atom. The van der Waals surface area contributed by atoms with Gasteiger partial charge in [0.05, 0.1) is 5.56 Å². The van der Waals surface area contributed by atoms with Gasteiger partial charge in [-0.3, -0.25) is 0 Å². The van der Waals surface area contributed by atoms with Crippen LogP contribution in [0.25, 0.3) is 0 Å². The molecule has 0 aliphatic heterocycles. The molecule has 0 bridgehead atoms. The first-order valence-corrected chi connectivity index (χ1v) is 4.83. The molecule has 14 heavy (non-hydrogen) atoms. The smallest absolute Gasteiger partial charge is 0.166 e. The quantitative estimate of drug-likeness (QED) is 0.536. The van der Waals surface area contributed by atoms with E-state index in [1.54, 1.807) is 6.07 Å². The minimum atomic E-state index is -4.34. The first-order valence-electron chi connectivity index (χ1n) is 3.71. The predicted molar refractivity (Wildman–Crippen MR) is 52.0 cm³/mol. The van der Waals surface area contributed by atoms with Gasteiger partial charge in [0.25, 0.3) is 0 Å². The van der Waals surface area contributed by atoms with Crippen molar-refractivity contribution in [3.05, 3.63) is 34.9 Å². The summed E-state index contributed by atoms with van der Waals surface area (Å²) in [5.74, 6) is 2.19. The molecular weight excluding hydrogens is 257 g/mol. The summed E-state index contributed by atoms with van der Waals surface area (Å²) in [6, 6.07) is 3.59. The molecule has 1 aromatic carbocycles. The lowest BCUT2D eigenvalue weighted by Crippen LogP contribution is -2.05. The van der Waals surface area contributed by atoms with Crippen LogP contribution in [0.15, 0.2) is 18.2 Å². The van der Waals surface area contributed by atoms with E-state index in [1.807, 2.05) is 0 Å². The Bertz CT molecular complexity index is 374. The van der Waals surface area contributed by atoms with Gasteiger partial charge in [0.2, 0.25) is 0 Å². The first kappa shape index (κ1) is 11.1. The van der Waals surface area contributed by atoms with Gasteiger partial charge in [0, 0.05) is 10.9 Å². The van der Waals surface area contributed by atoms with Gasteiger partial charge < -0.3 is 0 Å². The summed E-state index contributed by atoms with van der Waals surface area (Å²) in [6.07, 6.45) is 0.709. The maximum atomic E-state index is 12.3. The molecule has 0 saturated heterocycles. The summed E-state index contributed by atoms with van der Waals surface area (Å²) in [7, 11) is 0. The van der Waals surface area contributed by atoms with Gasteiger partial charge in [-0.25, -0.2) is 0 Å². The average Bonchev–Trinajstić information content (AvgIpc) is 2.15. The summed E-state index contributed by atoms with van der Waals surface area (Å²) in [4.78, 5) is 0. The Hall–Kier alpha value is -0.950. The number of hydrogen-bond donors (Lipinski definition) is 0. The molecule has 0 unspecified atom stereocenters. The maximum absolute atomic E-state index is 12.3. The number of rotatable bonds is 1. The summed E-state index contributed by atoms with van der Waals surface area (Å²) in [5, 5.41) is 0.353. The molecule has 0 spiro atoms. The van der Waals surface area contributed by atoms with Crippen molar-refractivity contribution in [2.24, 2.45) is 0 Å². The minimum Gasteiger partial charge on any atom is -0.166 e. The molecule has 0 aliphatic carbocycles. The van der Waals surface area contributed by atoms with Gasteiger partial charge in [0.15, 0.2) is 0 Å². The second kappa shape index (κ2) is 4.05. The van der Waals surface area contributed by atoms with Crippen molar-refractivity contribution in [1.82, 2.24) is 0 Å². The van der Waals surface area contributed by atoms with E-state index < -0.39 is 11.7 Å². The molecular formula is C10H6BrF3. The summed E-state index contributed by atoms with van der Waals surface area (Å²) < 4.78 is 37.0. The van der Waals surface area contributed by atoms with Crippen molar-refractivity contribution in [3.8, 4) is 12.3 Å². The van der Waals surface area contributed by atoms with Gasteiger partial charge in [-0.15, -0.1) is 6.42 Å². The lowest BCUT2D eigenvalue weighted by atomic mass is 10.1. The van der Waals surface area contributed by atoms with Crippen LogP contribution in [0.2, 0.25) is 0 Å². The molecule has 0 fully saturated rings. The zero-order chi connectivity index (χ0) is 10.8. The molecule has 0 atom stereocenters. The van der Waals surface area contributed by atoms with Gasteiger partial charge in [-0.05, 0) is 23.8 Å². The number of hydrogen-bond acceptors (Lipinski definition) is 0. The van der Waals surface area contributed by atoms with Crippen LogP contribution in [0, 0.1) is 12.3 Å². The predicted octanol–water partition coefficient (Wildman–Crippen LogP) is 3.58. The van der Waals surface area contributed by atoms with Crippen LogP contribution in [-0.2, 0) is 11.5 Å². The lowest BCUT2D eigenvalue weighted by molar-refractivity contribution is -0.137. The molecule has 0 nitrogen and oxygen atoms in total. The van der Waals surface area contributed by atoms with Crippen LogP contribution < -0.4 is 0 Å². The maximum Gasteiger partial charge on any atom is 0.416 e. The molecule has 0 radical (unpaired) electrons. The van der Waals surface area contributed by atoms with Gasteiger partial charge in [-0.2, -0.15) is 13.2 Å². The van der Waals surface area contributed by atoms with Gasteiger partial charge in [-0.1, -0.05) is 21.9 Å². The van der Waals surface area contributed by atoms with E-state index in [4.69, 9.17) is 6.42 Å². The number of benzene rings is 1. The highest BCUT2D eigenvalue weighted by molar-refractivity contribution is 9.08. The second-order valence-corrected chi connectivity index (χ2v) is 3.26. The first-order chi connectivity index (χ1) is 6.47. The Balaban J connectivity index is 3.26. The van der Waals surface area contributed by atoms with Crippen LogP contribution in [0.3, 0.4) is 0 Å². The molecule has 0 heterocycles. The van der Waals surface area contributed by atoms with Crippen molar-refractivity contribution in [2.45, 2.75) is 11.5 Å². The van der Waals surface area contributed by atoms with E-state index in [9.17, 15) is 13.2 Å². The van der Waals surface area contributed by atoms with E-state index in [0.717, 1.165) is 12.1 Å². The van der Waals surface area contributed by atoms with E-state index >= 15 is 0 Å².